The lowest BCUT2D eigenvalue weighted by molar-refractivity contribution is 0.308. The third-order valence-electron chi connectivity index (χ3n) is 0.143. The van der Waals surface area contributed by atoms with Gasteiger partial charge in [0.25, 0.3) is 0 Å². The molecule has 1 nitrogen and oxygen atoms in total. The second-order valence-corrected chi connectivity index (χ2v) is 0.521. The molecule has 0 aliphatic rings. The fourth-order valence-corrected chi connectivity index (χ4v) is 0. The predicted molar refractivity (Wildman–Crippen MR) is 25.0 cm³/mol. The average Bonchev–Trinajstić information content (AvgIpc) is 1.36. The first-order chi connectivity index (χ1) is 2.64. The van der Waals surface area contributed by atoms with E-state index in [0.29, 0.717) is 0 Å². The van der Waals surface area contributed by atoms with Crippen LogP contribution in [0.25, 0.3) is 0 Å². The molecule has 0 amide bonds. The third kappa shape index (κ3) is 9.35. The zero-order chi connectivity index (χ0) is 5.15. The maximum Gasteiger partial charge on any atom is 0.334 e. The molecule has 50 valence electrons. The fourth-order valence-electron chi connectivity index (χ4n) is 0. The van der Waals surface area contributed by atoms with Crippen LogP contribution in [0.2, 0.25) is 0 Å². The predicted octanol–water partition coefficient (Wildman–Crippen LogP) is -0.0176. The highest BCUT2D eigenvalue weighted by Crippen LogP contribution is 2.08. The van der Waals surface area contributed by atoms with E-state index in [2.05, 4.69) is 0 Å². The first-order valence-electron chi connectivity index (χ1n) is 1.01. The van der Waals surface area contributed by atoms with Gasteiger partial charge in [0, 0.05) is 0 Å². The van der Waals surface area contributed by atoms with E-state index in [4.69, 9.17) is 0 Å². The second kappa shape index (κ2) is 6.95. The highest BCUT2D eigenvalue weighted by Gasteiger charge is 1.98. The van der Waals surface area contributed by atoms with Gasteiger partial charge < -0.3 is 5.48 Å². The van der Waals surface area contributed by atoms with E-state index in [9.17, 15) is 17.6 Å². The van der Waals surface area contributed by atoms with Crippen molar-refractivity contribution in [3.05, 3.63) is 12.2 Å². The zero-order valence-corrected chi connectivity index (χ0v) is 3.01. The fraction of sp³-hybridized carbons (Fsp3) is 0. The van der Waals surface area contributed by atoms with E-state index >= 15 is 0 Å². The van der Waals surface area contributed by atoms with Crippen LogP contribution in [0.5, 0.6) is 0 Å². The smallest absolute Gasteiger partial charge is 0.334 e. The Bertz CT molecular complexity index is 64.1. The molecule has 0 radical (unpaired) electrons. The van der Waals surface area contributed by atoms with Gasteiger partial charge >= 0.3 is 12.2 Å². The summed E-state index contributed by atoms with van der Waals surface area (Å²) in [6.07, 6.45) is -5.81. The van der Waals surface area contributed by atoms with Gasteiger partial charge in [-0.1, -0.05) is 0 Å². The van der Waals surface area contributed by atoms with Crippen LogP contribution in [0.3, 0.4) is 0 Å². The third-order valence-corrected chi connectivity index (χ3v) is 0.143. The van der Waals surface area contributed by atoms with Gasteiger partial charge in [0.15, 0.2) is 17.4 Å². The molecule has 0 saturated heterocycles. The molecule has 0 heterocycles. The summed E-state index contributed by atoms with van der Waals surface area (Å²) < 4.78 is 41.1. The Morgan fingerprint density at radius 2 is 0.875 bits per heavy atom. The maximum absolute atomic E-state index is 10.3. The van der Waals surface area contributed by atoms with Crippen LogP contribution in [0.4, 0.5) is 17.6 Å². The molecule has 0 fully saturated rings. The molecule has 0 bridgehead atoms. The number of hydrogen-bond acceptors (Lipinski definition) is 0. The molecule has 8 heavy (non-hydrogen) atoms. The van der Waals surface area contributed by atoms with Gasteiger partial charge in [-0.15, -0.1) is 0 Å². The van der Waals surface area contributed by atoms with Crippen LogP contribution in [-0.2, 0) is 0 Å². The van der Waals surface area contributed by atoms with Crippen LogP contribution in [0.1, 0.15) is 0 Å². The molecular formula is C2H5AlF4O. The van der Waals surface area contributed by atoms with Crippen molar-refractivity contribution < 1.29 is 23.0 Å². The van der Waals surface area contributed by atoms with Gasteiger partial charge in [0.2, 0.25) is 0 Å². The molecule has 0 aromatic rings. The molecule has 0 saturated carbocycles. The van der Waals surface area contributed by atoms with Gasteiger partial charge in [-0.05, 0) is 0 Å². The van der Waals surface area contributed by atoms with Crippen molar-refractivity contribution in [1.82, 2.24) is 0 Å². The summed E-state index contributed by atoms with van der Waals surface area (Å²) in [5, 5.41) is 0. The summed E-state index contributed by atoms with van der Waals surface area (Å²) in [6, 6.07) is 0. The molecule has 0 aliphatic heterocycles. The Balaban J connectivity index is -0.000000125. The van der Waals surface area contributed by atoms with Crippen molar-refractivity contribution in [1.29, 1.82) is 0 Å². The molecule has 2 N–H and O–H groups in total. The van der Waals surface area contributed by atoms with Crippen molar-refractivity contribution >= 4 is 17.4 Å². The first kappa shape index (κ1) is 15.7. The SMILES string of the molecule is FC(F)=C(F)F.O.[AlH3]. The van der Waals surface area contributed by atoms with Crippen molar-refractivity contribution in [2.24, 2.45) is 0 Å². The Labute approximate surface area is 53.4 Å². The van der Waals surface area contributed by atoms with Crippen molar-refractivity contribution in [2.45, 2.75) is 0 Å². The molecule has 0 spiro atoms. The Morgan fingerprint density at radius 1 is 0.750 bits per heavy atom. The minimum absolute atomic E-state index is 0. The Morgan fingerprint density at radius 3 is 0.875 bits per heavy atom. The number of hydrogen-bond donors (Lipinski definition) is 0. The normalized spacial score (nSPS) is 6.00. The largest absolute Gasteiger partial charge is 0.412 e. The van der Waals surface area contributed by atoms with E-state index < -0.39 is 12.2 Å². The minimum atomic E-state index is -2.91. The monoisotopic (exact) mass is 148 g/mol. The van der Waals surface area contributed by atoms with Gasteiger partial charge in [-0.25, -0.2) is 0 Å². The average molecular weight is 148 g/mol. The minimum Gasteiger partial charge on any atom is -0.412 e. The van der Waals surface area contributed by atoms with Crippen molar-refractivity contribution in [3.63, 3.8) is 0 Å². The quantitative estimate of drug-likeness (QED) is 0.341. The number of halogens is 4. The van der Waals surface area contributed by atoms with Crippen molar-refractivity contribution in [3.8, 4) is 0 Å². The summed E-state index contributed by atoms with van der Waals surface area (Å²) in [6.45, 7) is 0. The van der Waals surface area contributed by atoms with Crippen molar-refractivity contribution in [2.75, 3.05) is 0 Å². The Kier molecular flexibility index (Phi) is 13.6. The molecular weight excluding hydrogens is 143 g/mol. The van der Waals surface area contributed by atoms with Crippen LogP contribution >= 0.6 is 0 Å². The first-order valence-corrected chi connectivity index (χ1v) is 1.01. The summed E-state index contributed by atoms with van der Waals surface area (Å²) >= 11 is 0. The van der Waals surface area contributed by atoms with Crippen LogP contribution in [0.15, 0.2) is 12.2 Å². The summed E-state index contributed by atoms with van der Waals surface area (Å²) in [5.74, 6) is 0. The maximum atomic E-state index is 10.3. The summed E-state index contributed by atoms with van der Waals surface area (Å²) in [5.41, 5.74) is 0. The Hall–Kier alpha value is -0.0475. The van der Waals surface area contributed by atoms with E-state index in [1.54, 1.807) is 0 Å². The molecule has 0 unspecified atom stereocenters. The molecule has 0 aromatic heterocycles. The van der Waals surface area contributed by atoms with E-state index in [1.165, 1.54) is 0 Å². The molecule has 6 heteroatoms. The molecule has 0 rings (SSSR count). The lowest BCUT2D eigenvalue weighted by atomic mass is 11.1. The van der Waals surface area contributed by atoms with Crippen LogP contribution in [-0.4, -0.2) is 22.8 Å². The van der Waals surface area contributed by atoms with Gasteiger partial charge in [0.05, 0.1) is 0 Å². The summed E-state index contributed by atoms with van der Waals surface area (Å²) in [4.78, 5) is 0. The molecule has 0 atom stereocenters. The van der Waals surface area contributed by atoms with Gasteiger partial charge in [0.1, 0.15) is 0 Å². The lowest BCUT2D eigenvalue weighted by Gasteiger charge is -1.69. The highest BCUT2D eigenvalue weighted by molar-refractivity contribution is 5.75. The topological polar surface area (TPSA) is 31.5 Å². The zero-order valence-electron chi connectivity index (χ0n) is 3.01. The second-order valence-electron chi connectivity index (χ2n) is 0.521. The lowest BCUT2D eigenvalue weighted by Crippen LogP contribution is -1.56. The van der Waals surface area contributed by atoms with E-state index in [-0.39, 0.29) is 22.8 Å². The van der Waals surface area contributed by atoms with E-state index in [0.717, 1.165) is 0 Å². The molecule has 0 aromatic carbocycles. The summed E-state index contributed by atoms with van der Waals surface area (Å²) in [7, 11) is 0. The van der Waals surface area contributed by atoms with Crippen LogP contribution in [0, 0.1) is 0 Å². The standard InChI is InChI=1S/C2F4.Al.H2O.3H/c3-1(4)2(5)6;;;;;/h;;1H2;;;. The van der Waals surface area contributed by atoms with E-state index in [1.807, 2.05) is 0 Å². The van der Waals surface area contributed by atoms with Gasteiger partial charge in [-0.3, -0.25) is 0 Å². The van der Waals surface area contributed by atoms with Crippen LogP contribution < -0.4 is 0 Å². The highest BCUT2D eigenvalue weighted by atomic mass is 27.0. The molecule has 0 aliphatic carbocycles. The number of rotatable bonds is 0. The van der Waals surface area contributed by atoms with Gasteiger partial charge in [-0.2, -0.15) is 17.6 Å².